The predicted molar refractivity (Wildman–Crippen MR) is 200 cm³/mol. The molecule has 2 aliphatic rings. The molecule has 2 aliphatic heterocycles. The minimum atomic E-state index is -4.78. The van der Waals surface area contributed by atoms with Crippen molar-refractivity contribution >= 4 is 51.6 Å². The molecule has 1 aromatic carbocycles. The number of nitrogen functional groups attached to an aromatic ring is 2. The zero-order valence-electron chi connectivity index (χ0n) is 31.0. The van der Waals surface area contributed by atoms with Gasteiger partial charge in [-0.1, -0.05) is 17.7 Å². The highest BCUT2D eigenvalue weighted by atomic mass is 32.2. The highest BCUT2D eigenvalue weighted by Gasteiger charge is 2.46. The lowest BCUT2D eigenvalue weighted by molar-refractivity contribution is -0.0786. The molecule has 55 heavy (non-hydrogen) atoms. The fourth-order valence-electron chi connectivity index (χ4n) is 6.52. The molecule has 7 atom stereocenters. The third-order valence-electron chi connectivity index (χ3n) is 9.15. The van der Waals surface area contributed by atoms with E-state index in [-0.39, 0.29) is 42.6 Å². The number of hydrogen-bond donors (Lipinski definition) is 3. The molecule has 0 spiro atoms. The highest BCUT2D eigenvalue weighted by Crippen LogP contribution is 2.51. The van der Waals surface area contributed by atoms with Gasteiger partial charge in [0.05, 0.1) is 54.8 Å². The Morgan fingerprint density at radius 2 is 1.49 bits per heavy atom. The first kappa shape index (κ1) is 39.1. The van der Waals surface area contributed by atoms with Crippen LogP contribution in [0.1, 0.15) is 58.6 Å². The summed E-state index contributed by atoms with van der Waals surface area (Å²) >= 11 is 0. The van der Waals surface area contributed by atoms with Crippen LogP contribution in [0, 0.1) is 6.92 Å². The maximum absolute atomic E-state index is 14.9. The quantitative estimate of drug-likeness (QED) is 0.127. The molecule has 2 saturated heterocycles. The molecule has 2 fully saturated rings. The molecule has 6 heterocycles. The predicted octanol–water partition coefficient (Wildman–Crippen LogP) is 4.03. The van der Waals surface area contributed by atoms with Crippen LogP contribution in [0.4, 0.5) is 11.5 Å². The first-order valence-corrected chi connectivity index (χ1v) is 20.8. The largest absolute Gasteiger partial charge is 0.419 e. The van der Waals surface area contributed by atoms with E-state index in [9.17, 15) is 13.0 Å². The molecular formula is C34H45N10O9PS. The number of benzene rings is 1. The van der Waals surface area contributed by atoms with Crippen LogP contribution in [0.25, 0.3) is 22.3 Å². The molecule has 7 rings (SSSR count). The minimum Gasteiger partial charge on any atom is -0.397 e. The average Bonchev–Trinajstić information content (AvgIpc) is 3.92. The topological polar surface area (TPSA) is 245 Å². The first-order valence-electron chi connectivity index (χ1n) is 17.8. The lowest BCUT2D eigenvalue weighted by atomic mass is 10.2. The second-order valence-electron chi connectivity index (χ2n) is 14.0. The van der Waals surface area contributed by atoms with Crippen molar-refractivity contribution in [3.63, 3.8) is 0 Å². The van der Waals surface area contributed by atoms with Gasteiger partial charge in [0.2, 0.25) is 10.0 Å². The maximum Gasteiger partial charge on any atom is 0.419 e. The SMILES string of the molecule is Cc1ccc(S(=O)(=O)NP(=O)(OC[C@H]2OC(n3cnc4c(N)ccnc43)C[C@H]2OC(C)C)O[C@@H]2CC(n3cnc4c(N)ncnc43)O[C@@H]2COC(C)C)cc1. The van der Waals surface area contributed by atoms with Gasteiger partial charge >= 0.3 is 7.75 Å². The van der Waals surface area contributed by atoms with Gasteiger partial charge in [-0.3, -0.25) is 18.2 Å². The summed E-state index contributed by atoms with van der Waals surface area (Å²) in [4.78, 5) is 21.4. The normalized spacial score (nSPS) is 24.4. The van der Waals surface area contributed by atoms with Gasteiger partial charge in [-0.15, -0.1) is 4.49 Å². The van der Waals surface area contributed by atoms with Crippen LogP contribution in [0.2, 0.25) is 0 Å². The van der Waals surface area contributed by atoms with Crippen molar-refractivity contribution < 1.29 is 41.0 Å². The standard InChI is InChI=1S/C34H45N10O9PS/c1-19(2)48-14-26-25(13-29(51-26)44-18-41-31-32(36)38-16-39-34(31)44)53-54(45,42-55(46,47)22-8-6-21(5)7-9-22)49-15-27-24(50-20(3)4)12-28(52-27)43-17-40-30-23(35)10-11-37-33(30)43/h6-11,16-20,24-29H,12-15H2,1-5H3,(H2,35,37)(H,42,45)(H2,36,38,39)/t24-,25-,26-,27-,28?,29?,54?/m1/s1. The monoisotopic (exact) mass is 800 g/mol. The molecule has 0 bridgehead atoms. The smallest absolute Gasteiger partial charge is 0.397 e. The summed E-state index contributed by atoms with van der Waals surface area (Å²) in [6.45, 7) is 8.95. The molecule has 19 nitrogen and oxygen atoms in total. The number of hydrogen-bond acceptors (Lipinski definition) is 16. The van der Waals surface area contributed by atoms with Crippen LogP contribution in [-0.2, 0) is 42.6 Å². The summed E-state index contributed by atoms with van der Waals surface area (Å²) in [6.07, 6.45) is 1.51. The van der Waals surface area contributed by atoms with E-state index in [1.54, 1.807) is 39.9 Å². The van der Waals surface area contributed by atoms with E-state index in [1.165, 1.54) is 24.8 Å². The Labute approximate surface area is 317 Å². The zero-order valence-corrected chi connectivity index (χ0v) is 32.7. The van der Waals surface area contributed by atoms with Crippen LogP contribution in [-0.4, -0.2) is 92.3 Å². The number of nitrogens with zero attached hydrogens (tertiary/aromatic N) is 7. The van der Waals surface area contributed by atoms with Crippen LogP contribution in [0.3, 0.4) is 0 Å². The lowest BCUT2D eigenvalue weighted by Crippen LogP contribution is -2.35. The van der Waals surface area contributed by atoms with Crippen LogP contribution in [0.15, 0.2) is 60.4 Å². The Morgan fingerprint density at radius 1 is 0.855 bits per heavy atom. The fraction of sp³-hybridized carbons (Fsp3) is 0.500. The summed E-state index contributed by atoms with van der Waals surface area (Å²) in [6, 6.07) is 7.72. The number of nitrogens with one attached hydrogen (secondary N) is 1. The zero-order chi connectivity index (χ0) is 39.1. The van der Waals surface area contributed by atoms with Crippen molar-refractivity contribution in [2.75, 3.05) is 24.7 Å². The molecule has 0 saturated carbocycles. The van der Waals surface area contributed by atoms with E-state index in [1.807, 2.05) is 34.6 Å². The lowest BCUT2D eigenvalue weighted by Gasteiger charge is -2.27. The van der Waals surface area contributed by atoms with E-state index in [4.69, 9.17) is 39.5 Å². The number of pyridine rings is 1. The summed E-state index contributed by atoms with van der Waals surface area (Å²) in [5, 5.41) is 0. The van der Waals surface area contributed by atoms with Crippen LogP contribution >= 0.6 is 7.75 Å². The Balaban J connectivity index is 1.18. The van der Waals surface area contributed by atoms with E-state index in [2.05, 4.69) is 29.4 Å². The fourth-order valence-corrected chi connectivity index (χ4v) is 9.98. The van der Waals surface area contributed by atoms with Gasteiger partial charge in [-0.05, 0) is 52.8 Å². The maximum atomic E-state index is 14.9. The van der Waals surface area contributed by atoms with Crippen molar-refractivity contribution in [2.45, 2.75) is 101 Å². The number of anilines is 2. The van der Waals surface area contributed by atoms with Crippen LogP contribution in [0.5, 0.6) is 0 Å². The molecule has 4 aromatic heterocycles. The Bertz CT molecular complexity index is 2290. The van der Waals surface area contributed by atoms with Gasteiger partial charge in [0.15, 0.2) is 17.1 Å². The highest BCUT2D eigenvalue weighted by molar-refractivity contribution is 7.94. The number of imidazole rings is 2. The molecule has 0 aliphatic carbocycles. The number of fused-ring (bicyclic) bond motifs is 2. The molecule has 0 amide bonds. The van der Waals surface area contributed by atoms with E-state index in [0.29, 0.717) is 34.4 Å². The van der Waals surface area contributed by atoms with E-state index < -0.39 is 54.6 Å². The molecule has 21 heteroatoms. The number of aryl methyl sites for hydroxylation is 1. The summed E-state index contributed by atoms with van der Waals surface area (Å²) in [5.41, 5.74) is 15.3. The third kappa shape index (κ3) is 8.52. The second-order valence-corrected chi connectivity index (χ2v) is 17.7. The second kappa shape index (κ2) is 15.8. The van der Waals surface area contributed by atoms with Crippen molar-refractivity contribution in [1.82, 2.24) is 38.5 Å². The van der Waals surface area contributed by atoms with Crippen LogP contribution < -0.4 is 16.0 Å². The Kier molecular flexibility index (Phi) is 11.2. The van der Waals surface area contributed by atoms with Crippen molar-refractivity contribution in [1.29, 1.82) is 0 Å². The molecule has 5 aromatic rings. The number of rotatable bonds is 15. The van der Waals surface area contributed by atoms with E-state index in [0.717, 1.165) is 5.56 Å². The molecule has 0 radical (unpaired) electrons. The Morgan fingerprint density at radius 3 is 2.16 bits per heavy atom. The van der Waals surface area contributed by atoms with Crippen molar-refractivity contribution in [3.05, 3.63) is 61.1 Å². The van der Waals surface area contributed by atoms with Gasteiger partial charge < -0.3 is 30.4 Å². The van der Waals surface area contributed by atoms with Crippen molar-refractivity contribution in [3.8, 4) is 0 Å². The summed E-state index contributed by atoms with van der Waals surface area (Å²) in [7, 11) is -9.23. The van der Waals surface area contributed by atoms with Gasteiger partial charge in [-0.25, -0.2) is 37.9 Å². The minimum absolute atomic E-state index is 0.0302. The molecule has 296 valence electrons. The Hall–Kier alpha value is -4.11. The molecular weight excluding hydrogens is 755 g/mol. The van der Waals surface area contributed by atoms with Crippen molar-refractivity contribution in [2.24, 2.45) is 0 Å². The number of nitrogens with two attached hydrogens (primary N) is 2. The number of ether oxygens (including phenoxy) is 4. The average molecular weight is 801 g/mol. The molecule has 5 N–H and O–H groups in total. The molecule has 3 unspecified atom stereocenters. The summed E-state index contributed by atoms with van der Waals surface area (Å²) < 4.78 is 85.4. The van der Waals surface area contributed by atoms with Gasteiger partial charge in [0, 0.05) is 19.0 Å². The first-order chi connectivity index (χ1) is 26.2. The number of sulfonamides is 1. The van der Waals surface area contributed by atoms with Gasteiger partial charge in [0.25, 0.3) is 0 Å². The van der Waals surface area contributed by atoms with E-state index >= 15 is 0 Å². The van der Waals surface area contributed by atoms with Gasteiger partial charge in [-0.2, -0.15) is 0 Å². The summed E-state index contributed by atoms with van der Waals surface area (Å²) in [5.74, 6) is 0.190. The third-order valence-corrected chi connectivity index (χ3v) is 12.9. The van der Waals surface area contributed by atoms with Gasteiger partial charge in [0.1, 0.15) is 48.1 Å². The number of aromatic nitrogens is 7.